The van der Waals surface area contributed by atoms with Crippen LogP contribution in [0.4, 0.5) is 29.9 Å². The highest BCUT2D eigenvalue weighted by Crippen LogP contribution is 2.34. The molecule has 2 N–H and O–H groups in total. The van der Waals surface area contributed by atoms with Crippen LogP contribution in [-0.4, -0.2) is 46.2 Å². The predicted molar refractivity (Wildman–Crippen MR) is 117 cm³/mol. The topological polar surface area (TPSA) is 83.0 Å². The molecular weight excluding hydrogens is 441 g/mol. The summed E-state index contributed by atoms with van der Waals surface area (Å²) in [5, 5.41) is 5.74. The van der Waals surface area contributed by atoms with Crippen LogP contribution in [0.3, 0.4) is 0 Å². The van der Waals surface area contributed by atoms with E-state index >= 15 is 0 Å². The highest BCUT2D eigenvalue weighted by Gasteiger charge is 2.35. The zero-order chi connectivity index (χ0) is 22.7. The number of carbonyl (C=O) groups excluding carboxylic acids is 1. The standard InChI is InChI=1S/C21H21F3N6OS/c1-13-7-8-25-18(10-13)29-17-6-2-4-14(28-17)16-11-26-20(32-16)30-9-3-5-15(30)19(31)27-12-21(22,23)24/h2,4,6-8,10-11,15H,3,5,9,12H2,1H3,(H,27,31)(H,25,28,29)/t15-/m0/s1. The third-order valence-electron chi connectivity index (χ3n) is 4.93. The molecule has 0 saturated carbocycles. The lowest BCUT2D eigenvalue weighted by Crippen LogP contribution is -2.46. The summed E-state index contributed by atoms with van der Waals surface area (Å²) >= 11 is 1.35. The van der Waals surface area contributed by atoms with Crippen molar-refractivity contribution in [3.63, 3.8) is 0 Å². The Balaban J connectivity index is 1.48. The zero-order valence-electron chi connectivity index (χ0n) is 17.2. The number of rotatable bonds is 6. The first-order valence-corrected chi connectivity index (χ1v) is 10.8. The monoisotopic (exact) mass is 462 g/mol. The van der Waals surface area contributed by atoms with Crippen molar-refractivity contribution in [1.82, 2.24) is 20.3 Å². The molecule has 168 valence electrons. The van der Waals surface area contributed by atoms with Gasteiger partial charge >= 0.3 is 6.18 Å². The van der Waals surface area contributed by atoms with Crippen LogP contribution in [0, 0.1) is 6.92 Å². The Labute approximate surface area is 186 Å². The summed E-state index contributed by atoms with van der Waals surface area (Å²) in [4.78, 5) is 28.1. The molecular formula is C21H21F3N6OS. The second kappa shape index (κ2) is 9.11. The number of hydrogen-bond donors (Lipinski definition) is 2. The molecule has 3 aromatic heterocycles. The minimum atomic E-state index is -4.44. The fourth-order valence-corrected chi connectivity index (χ4v) is 4.43. The number of aryl methyl sites for hydroxylation is 1. The number of aromatic nitrogens is 3. The van der Waals surface area contributed by atoms with Crippen molar-refractivity contribution in [2.45, 2.75) is 32.0 Å². The maximum absolute atomic E-state index is 12.4. The zero-order valence-corrected chi connectivity index (χ0v) is 18.0. The van der Waals surface area contributed by atoms with Gasteiger partial charge in [-0.1, -0.05) is 17.4 Å². The van der Waals surface area contributed by atoms with E-state index < -0.39 is 24.7 Å². The Kier molecular flexibility index (Phi) is 6.26. The van der Waals surface area contributed by atoms with Crippen LogP contribution < -0.4 is 15.5 Å². The molecule has 1 fully saturated rings. The molecule has 4 rings (SSSR count). The van der Waals surface area contributed by atoms with E-state index in [1.54, 1.807) is 17.3 Å². The molecule has 7 nitrogen and oxygen atoms in total. The number of anilines is 3. The number of halogens is 3. The maximum Gasteiger partial charge on any atom is 0.405 e. The number of alkyl halides is 3. The van der Waals surface area contributed by atoms with E-state index in [0.29, 0.717) is 41.8 Å². The molecule has 1 aliphatic heterocycles. The van der Waals surface area contributed by atoms with Crippen molar-refractivity contribution in [1.29, 1.82) is 0 Å². The second-order valence-electron chi connectivity index (χ2n) is 7.44. The van der Waals surface area contributed by atoms with Crippen molar-refractivity contribution in [2.75, 3.05) is 23.3 Å². The minimum absolute atomic E-state index is 0.486. The Bertz CT molecular complexity index is 1100. The molecule has 32 heavy (non-hydrogen) atoms. The molecule has 4 heterocycles. The summed E-state index contributed by atoms with van der Waals surface area (Å²) in [7, 11) is 0. The first kappa shape index (κ1) is 22.0. The van der Waals surface area contributed by atoms with E-state index in [1.807, 2.05) is 42.6 Å². The summed E-state index contributed by atoms with van der Waals surface area (Å²) in [5.74, 6) is 0.678. The molecule has 1 saturated heterocycles. The Morgan fingerprint density at radius 3 is 2.88 bits per heavy atom. The normalized spacial score (nSPS) is 16.2. The Morgan fingerprint density at radius 1 is 1.25 bits per heavy atom. The van der Waals surface area contributed by atoms with Crippen LogP contribution in [-0.2, 0) is 4.79 Å². The van der Waals surface area contributed by atoms with Gasteiger partial charge in [-0.25, -0.2) is 15.0 Å². The van der Waals surface area contributed by atoms with Gasteiger partial charge in [-0.2, -0.15) is 13.2 Å². The molecule has 3 aromatic rings. The quantitative estimate of drug-likeness (QED) is 0.569. The number of pyridine rings is 2. The lowest BCUT2D eigenvalue weighted by Gasteiger charge is -2.23. The van der Waals surface area contributed by atoms with Crippen LogP contribution in [0.15, 0.2) is 42.7 Å². The van der Waals surface area contributed by atoms with E-state index in [0.717, 1.165) is 10.4 Å². The average Bonchev–Trinajstić information content (AvgIpc) is 3.41. The number of amides is 1. The van der Waals surface area contributed by atoms with Gasteiger partial charge in [0.2, 0.25) is 5.91 Å². The van der Waals surface area contributed by atoms with Crippen LogP contribution in [0.1, 0.15) is 18.4 Å². The molecule has 11 heteroatoms. The second-order valence-corrected chi connectivity index (χ2v) is 8.45. The van der Waals surface area contributed by atoms with Crippen molar-refractivity contribution in [3.05, 3.63) is 48.3 Å². The van der Waals surface area contributed by atoms with Gasteiger partial charge in [0.25, 0.3) is 0 Å². The van der Waals surface area contributed by atoms with Gasteiger partial charge in [-0.15, -0.1) is 0 Å². The van der Waals surface area contributed by atoms with Crippen molar-refractivity contribution in [2.24, 2.45) is 0 Å². The third kappa shape index (κ3) is 5.34. The molecule has 1 atom stereocenters. The van der Waals surface area contributed by atoms with Crippen molar-refractivity contribution < 1.29 is 18.0 Å². The number of hydrogen-bond acceptors (Lipinski definition) is 7. The van der Waals surface area contributed by atoms with Crippen LogP contribution >= 0.6 is 11.3 Å². The van der Waals surface area contributed by atoms with Crippen LogP contribution in [0.2, 0.25) is 0 Å². The summed E-state index contributed by atoms with van der Waals surface area (Å²) in [6.45, 7) is 1.20. The van der Waals surface area contributed by atoms with E-state index in [2.05, 4.69) is 20.3 Å². The predicted octanol–water partition coefficient (Wildman–Crippen LogP) is 4.30. The van der Waals surface area contributed by atoms with E-state index in [9.17, 15) is 18.0 Å². The van der Waals surface area contributed by atoms with Gasteiger partial charge in [0.1, 0.15) is 24.2 Å². The molecule has 0 bridgehead atoms. The molecule has 0 spiro atoms. The Hall–Kier alpha value is -3.21. The van der Waals surface area contributed by atoms with Gasteiger partial charge in [-0.3, -0.25) is 4.79 Å². The highest BCUT2D eigenvalue weighted by molar-refractivity contribution is 7.18. The summed E-state index contributed by atoms with van der Waals surface area (Å²) in [6, 6.07) is 8.70. The Morgan fingerprint density at radius 2 is 2.09 bits per heavy atom. The minimum Gasteiger partial charge on any atom is -0.345 e. The van der Waals surface area contributed by atoms with Crippen LogP contribution in [0.25, 0.3) is 10.6 Å². The lowest BCUT2D eigenvalue weighted by molar-refractivity contribution is -0.139. The fraction of sp³-hybridized carbons (Fsp3) is 0.333. The molecule has 1 aliphatic rings. The largest absolute Gasteiger partial charge is 0.405 e. The summed E-state index contributed by atoms with van der Waals surface area (Å²) in [5.41, 5.74) is 1.77. The van der Waals surface area contributed by atoms with Crippen molar-refractivity contribution in [3.8, 4) is 10.6 Å². The van der Waals surface area contributed by atoms with E-state index in [4.69, 9.17) is 0 Å². The molecule has 0 aromatic carbocycles. The summed E-state index contributed by atoms with van der Waals surface area (Å²) < 4.78 is 37.3. The lowest BCUT2D eigenvalue weighted by atomic mass is 10.2. The number of carbonyl (C=O) groups is 1. The highest BCUT2D eigenvalue weighted by atomic mass is 32.1. The molecule has 0 aliphatic carbocycles. The van der Waals surface area contributed by atoms with Crippen LogP contribution in [0.5, 0.6) is 0 Å². The molecule has 1 amide bonds. The third-order valence-corrected chi connectivity index (χ3v) is 5.99. The summed E-state index contributed by atoms with van der Waals surface area (Å²) in [6.07, 6.45) is 0.139. The maximum atomic E-state index is 12.4. The van der Waals surface area contributed by atoms with E-state index in [1.165, 1.54) is 11.3 Å². The fourth-order valence-electron chi connectivity index (χ4n) is 3.47. The van der Waals surface area contributed by atoms with E-state index in [-0.39, 0.29) is 0 Å². The SMILES string of the molecule is Cc1ccnc(Nc2cccc(-c3cnc(N4CCC[C@H]4C(=O)NCC(F)(F)F)s3)n2)c1. The number of nitrogens with one attached hydrogen (secondary N) is 2. The number of thiazole rings is 1. The number of nitrogens with zero attached hydrogens (tertiary/aromatic N) is 4. The van der Waals surface area contributed by atoms with Gasteiger partial charge in [0, 0.05) is 18.9 Å². The van der Waals surface area contributed by atoms with Gasteiger partial charge in [-0.05, 0) is 49.6 Å². The van der Waals surface area contributed by atoms with Gasteiger partial charge < -0.3 is 15.5 Å². The van der Waals surface area contributed by atoms with Crippen molar-refractivity contribution >= 4 is 34.0 Å². The molecule has 0 radical (unpaired) electrons. The molecule has 0 unspecified atom stereocenters. The smallest absolute Gasteiger partial charge is 0.345 e. The van der Waals surface area contributed by atoms with Gasteiger partial charge in [0.15, 0.2) is 5.13 Å². The average molecular weight is 463 g/mol. The first-order valence-electron chi connectivity index (χ1n) is 10.0. The first-order chi connectivity index (χ1) is 15.3. The van der Waals surface area contributed by atoms with Gasteiger partial charge in [0.05, 0.1) is 10.6 Å².